The Morgan fingerprint density at radius 3 is 2.56 bits per heavy atom. The molecule has 2 nitrogen and oxygen atoms in total. The maximum absolute atomic E-state index is 5.61. The lowest BCUT2D eigenvalue weighted by Crippen LogP contribution is -1.95. The zero-order valence-corrected chi connectivity index (χ0v) is 11.2. The van der Waals surface area contributed by atoms with Crippen LogP contribution < -0.4 is 5.73 Å². The standard InChI is InChI=1S/C15H18N2S/c16-9-11-5-7-12(8-6-11)14-10-18-15(17-14)13-3-1-2-4-13/h5-8,10,13H,1-4,9,16H2. The highest BCUT2D eigenvalue weighted by Gasteiger charge is 2.20. The van der Waals surface area contributed by atoms with Crippen LogP contribution in [0.2, 0.25) is 0 Å². The molecule has 1 aromatic heterocycles. The van der Waals surface area contributed by atoms with Gasteiger partial charge in [0.1, 0.15) is 0 Å². The van der Waals surface area contributed by atoms with Gasteiger partial charge in [0.05, 0.1) is 10.7 Å². The number of hydrogen-bond donors (Lipinski definition) is 1. The average molecular weight is 258 g/mol. The van der Waals surface area contributed by atoms with Crippen LogP contribution in [0.5, 0.6) is 0 Å². The summed E-state index contributed by atoms with van der Waals surface area (Å²) in [6.45, 7) is 0.602. The van der Waals surface area contributed by atoms with E-state index < -0.39 is 0 Å². The average Bonchev–Trinajstić information content (AvgIpc) is 3.09. The summed E-state index contributed by atoms with van der Waals surface area (Å²) in [6.07, 6.45) is 5.37. The van der Waals surface area contributed by atoms with Gasteiger partial charge in [-0.1, -0.05) is 37.1 Å². The van der Waals surface area contributed by atoms with Crippen molar-refractivity contribution in [3.63, 3.8) is 0 Å². The molecule has 2 N–H and O–H groups in total. The largest absolute Gasteiger partial charge is 0.326 e. The van der Waals surface area contributed by atoms with Crippen LogP contribution in [0.25, 0.3) is 11.3 Å². The number of hydrogen-bond acceptors (Lipinski definition) is 3. The summed E-state index contributed by atoms with van der Waals surface area (Å²) < 4.78 is 0. The summed E-state index contributed by atoms with van der Waals surface area (Å²) in [6, 6.07) is 8.42. The van der Waals surface area contributed by atoms with Gasteiger partial charge in [-0.15, -0.1) is 11.3 Å². The first-order chi connectivity index (χ1) is 8.86. The van der Waals surface area contributed by atoms with Gasteiger partial charge in [-0.05, 0) is 18.4 Å². The van der Waals surface area contributed by atoms with E-state index in [1.165, 1.54) is 41.8 Å². The van der Waals surface area contributed by atoms with Crippen molar-refractivity contribution in [2.75, 3.05) is 0 Å². The summed E-state index contributed by atoms with van der Waals surface area (Å²) >= 11 is 1.82. The molecular weight excluding hydrogens is 240 g/mol. The van der Waals surface area contributed by atoms with Crippen LogP contribution in [0, 0.1) is 0 Å². The molecule has 0 aliphatic heterocycles. The van der Waals surface area contributed by atoms with Gasteiger partial charge in [0, 0.05) is 23.4 Å². The molecule has 1 heterocycles. The SMILES string of the molecule is NCc1ccc(-c2csc(C3CCCC3)n2)cc1. The summed E-state index contributed by atoms with van der Waals surface area (Å²) in [5.41, 5.74) is 9.10. The third kappa shape index (κ3) is 2.33. The van der Waals surface area contributed by atoms with Gasteiger partial charge in [-0.3, -0.25) is 0 Å². The molecule has 3 rings (SSSR count). The Hall–Kier alpha value is -1.19. The van der Waals surface area contributed by atoms with Crippen LogP contribution in [-0.4, -0.2) is 4.98 Å². The van der Waals surface area contributed by atoms with Crippen molar-refractivity contribution in [3.05, 3.63) is 40.2 Å². The molecule has 1 saturated carbocycles. The number of rotatable bonds is 3. The van der Waals surface area contributed by atoms with E-state index in [1.807, 2.05) is 11.3 Å². The predicted molar refractivity (Wildman–Crippen MR) is 76.7 cm³/mol. The number of nitrogens with two attached hydrogens (primary N) is 1. The predicted octanol–water partition coefficient (Wildman–Crippen LogP) is 3.93. The molecule has 0 saturated heterocycles. The van der Waals surface area contributed by atoms with Crippen molar-refractivity contribution >= 4 is 11.3 Å². The summed E-state index contributed by atoms with van der Waals surface area (Å²) in [4.78, 5) is 4.81. The molecule has 2 aromatic rings. The quantitative estimate of drug-likeness (QED) is 0.906. The minimum atomic E-state index is 0.602. The minimum Gasteiger partial charge on any atom is -0.326 e. The number of nitrogens with zero attached hydrogens (tertiary/aromatic N) is 1. The lowest BCUT2D eigenvalue weighted by atomic mass is 10.1. The maximum atomic E-state index is 5.61. The van der Waals surface area contributed by atoms with Crippen molar-refractivity contribution in [1.29, 1.82) is 0 Å². The maximum Gasteiger partial charge on any atom is 0.0963 e. The Bertz CT molecular complexity index is 510. The molecule has 0 amide bonds. The van der Waals surface area contributed by atoms with E-state index in [1.54, 1.807) is 0 Å². The molecular formula is C15H18N2S. The first-order valence-corrected chi connectivity index (χ1v) is 7.49. The van der Waals surface area contributed by atoms with Crippen molar-refractivity contribution < 1.29 is 0 Å². The van der Waals surface area contributed by atoms with Crippen molar-refractivity contribution in [3.8, 4) is 11.3 Å². The van der Waals surface area contributed by atoms with Crippen LogP contribution in [0.4, 0.5) is 0 Å². The third-order valence-corrected chi connectivity index (χ3v) is 4.72. The molecule has 1 aliphatic rings. The summed E-state index contributed by atoms with van der Waals surface area (Å²) in [5, 5.41) is 3.51. The minimum absolute atomic E-state index is 0.602. The van der Waals surface area contributed by atoms with Gasteiger partial charge in [0.15, 0.2) is 0 Å². The topological polar surface area (TPSA) is 38.9 Å². The van der Waals surface area contributed by atoms with E-state index in [2.05, 4.69) is 29.6 Å². The highest BCUT2D eigenvalue weighted by molar-refractivity contribution is 7.10. The van der Waals surface area contributed by atoms with E-state index in [-0.39, 0.29) is 0 Å². The molecule has 1 aromatic carbocycles. The molecule has 0 atom stereocenters. The molecule has 0 radical (unpaired) electrons. The third-order valence-electron chi connectivity index (χ3n) is 3.71. The number of benzene rings is 1. The second-order valence-corrected chi connectivity index (χ2v) is 5.84. The van der Waals surface area contributed by atoms with Crippen LogP contribution in [-0.2, 0) is 6.54 Å². The summed E-state index contributed by atoms with van der Waals surface area (Å²) in [7, 11) is 0. The normalized spacial score (nSPS) is 16.3. The van der Waals surface area contributed by atoms with Crippen LogP contribution in [0.3, 0.4) is 0 Å². The molecule has 1 fully saturated rings. The fourth-order valence-electron chi connectivity index (χ4n) is 2.59. The first kappa shape index (κ1) is 11.9. The van der Waals surface area contributed by atoms with Crippen LogP contribution >= 0.6 is 11.3 Å². The van der Waals surface area contributed by atoms with Gasteiger partial charge in [0.2, 0.25) is 0 Å². The Morgan fingerprint density at radius 1 is 1.17 bits per heavy atom. The first-order valence-electron chi connectivity index (χ1n) is 6.61. The Morgan fingerprint density at radius 2 is 1.89 bits per heavy atom. The van der Waals surface area contributed by atoms with Gasteiger partial charge in [0.25, 0.3) is 0 Å². The van der Waals surface area contributed by atoms with Gasteiger partial charge >= 0.3 is 0 Å². The van der Waals surface area contributed by atoms with E-state index in [9.17, 15) is 0 Å². The van der Waals surface area contributed by atoms with Crippen molar-refractivity contribution in [1.82, 2.24) is 4.98 Å². The molecule has 3 heteroatoms. The highest BCUT2D eigenvalue weighted by Crippen LogP contribution is 2.37. The molecule has 0 unspecified atom stereocenters. The monoisotopic (exact) mass is 258 g/mol. The van der Waals surface area contributed by atoms with Gasteiger partial charge in [-0.2, -0.15) is 0 Å². The van der Waals surface area contributed by atoms with E-state index >= 15 is 0 Å². The molecule has 94 valence electrons. The Kier molecular flexibility index (Phi) is 3.43. The van der Waals surface area contributed by atoms with Crippen LogP contribution in [0.1, 0.15) is 42.2 Å². The highest BCUT2D eigenvalue weighted by atomic mass is 32.1. The summed E-state index contributed by atoms with van der Waals surface area (Å²) in [5.74, 6) is 0.715. The van der Waals surface area contributed by atoms with Gasteiger partial charge in [-0.25, -0.2) is 4.98 Å². The molecule has 18 heavy (non-hydrogen) atoms. The number of thiazole rings is 1. The fraction of sp³-hybridized carbons (Fsp3) is 0.400. The van der Waals surface area contributed by atoms with Crippen molar-refractivity contribution in [2.45, 2.75) is 38.1 Å². The number of aromatic nitrogens is 1. The Labute approximate surface area is 112 Å². The molecule has 0 spiro atoms. The van der Waals surface area contributed by atoms with E-state index in [0.717, 1.165) is 5.69 Å². The smallest absolute Gasteiger partial charge is 0.0963 e. The lowest BCUT2D eigenvalue weighted by Gasteiger charge is -2.03. The lowest BCUT2D eigenvalue weighted by molar-refractivity contribution is 0.717. The van der Waals surface area contributed by atoms with Crippen LogP contribution in [0.15, 0.2) is 29.6 Å². The zero-order chi connectivity index (χ0) is 12.4. The van der Waals surface area contributed by atoms with E-state index in [0.29, 0.717) is 12.5 Å². The van der Waals surface area contributed by atoms with Crippen molar-refractivity contribution in [2.24, 2.45) is 5.73 Å². The van der Waals surface area contributed by atoms with E-state index in [4.69, 9.17) is 10.7 Å². The zero-order valence-electron chi connectivity index (χ0n) is 10.4. The second-order valence-electron chi connectivity index (χ2n) is 4.95. The molecule has 1 aliphatic carbocycles. The second kappa shape index (κ2) is 5.21. The fourth-order valence-corrected chi connectivity index (χ4v) is 3.59. The Balaban J connectivity index is 1.82. The molecule has 0 bridgehead atoms. The van der Waals surface area contributed by atoms with Gasteiger partial charge < -0.3 is 5.73 Å².